The maximum atomic E-state index is 10.7. The molecule has 0 saturated carbocycles. The van der Waals surface area contributed by atoms with Crippen LogP contribution in [0.4, 0.5) is 0 Å². The van der Waals surface area contributed by atoms with Crippen molar-refractivity contribution in [2.75, 3.05) is 0 Å². The molecule has 104 valence electrons. The van der Waals surface area contributed by atoms with Gasteiger partial charge in [-0.1, -0.05) is 24.3 Å². The van der Waals surface area contributed by atoms with Crippen LogP contribution in [0.25, 0.3) is 0 Å². The van der Waals surface area contributed by atoms with E-state index in [1.807, 2.05) is 12.1 Å². The van der Waals surface area contributed by atoms with E-state index >= 15 is 0 Å². The van der Waals surface area contributed by atoms with Crippen LogP contribution in [0.1, 0.15) is 34.5 Å². The van der Waals surface area contributed by atoms with Gasteiger partial charge in [-0.05, 0) is 42.3 Å². The Morgan fingerprint density at radius 1 is 1.10 bits per heavy atom. The van der Waals surface area contributed by atoms with Gasteiger partial charge in [-0.15, -0.1) is 0 Å². The first-order chi connectivity index (χ1) is 9.56. The van der Waals surface area contributed by atoms with E-state index in [0.717, 1.165) is 11.1 Å². The summed E-state index contributed by atoms with van der Waals surface area (Å²) >= 11 is 0. The highest BCUT2D eigenvalue weighted by molar-refractivity contribution is 5.87. The molecule has 0 spiro atoms. The molecule has 0 radical (unpaired) electrons. The minimum atomic E-state index is -0.939. The van der Waals surface area contributed by atoms with Gasteiger partial charge in [0.05, 0.1) is 11.7 Å². The van der Waals surface area contributed by atoms with E-state index in [1.165, 1.54) is 0 Å². The Hall–Kier alpha value is -2.33. The molecule has 4 heteroatoms. The van der Waals surface area contributed by atoms with Crippen molar-refractivity contribution in [3.63, 3.8) is 0 Å². The summed E-state index contributed by atoms with van der Waals surface area (Å²) in [6, 6.07) is 13.8. The fourth-order valence-electron chi connectivity index (χ4n) is 1.75. The Morgan fingerprint density at radius 3 is 2.20 bits per heavy atom. The largest absolute Gasteiger partial charge is 0.489 e. The van der Waals surface area contributed by atoms with Gasteiger partial charge in [-0.3, -0.25) is 0 Å². The quantitative estimate of drug-likeness (QED) is 0.878. The molecule has 4 nitrogen and oxygen atoms in total. The summed E-state index contributed by atoms with van der Waals surface area (Å²) in [5.41, 5.74) is 1.99. The van der Waals surface area contributed by atoms with Gasteiger partial charge in [0, 0.05) is 0 Å². The lowest BCUT2D eigenvalue weighted by atomic mass is 10.1. The third kappa shape index (κ3) is 3.59. The number of rotatable bonds is 5. The first-order valence-electron chi connectivity index (χ1n) is 6.29. The van der Waals surface area contributed by atoms with Gasteiger partial charge in [0.15, 0.2) is 0 Å². The molecular formula is C16H16O4. The van der Waals surface area contributed by atoms with Crippen molar-refractivity contribution in [2.24, 2.45) is 0 Å². The van der Waals surface area contributed by atoms with Crippen molar-refractivity contribution in [1.29, 1.82) is 0 Å². The average molecular weight is 272 g/mol. The van der Waals surface area contributed by atoms with Crippen LogP contribution in [-0.2, 0) is 6.61 Å². The monoisotopic (exact) mass is 272 g/mol. The van der Waals surface area contributed by atoms with E-state index in [4.69, 9.17) is 9.84 Å². The lowest BCUT2D eigenvalue weighted by molar-refractivity contribution is 0.0697. The van der Waals surface area contributed by atoms with Gasteiger partial charge >= 0.3 is 5.97 Å². The molecule has 0 fully saturated rings. The molecule has 20 heavy (non-hydrogen) atoms. The maximum Gasteiger partial charge on any atom is 0.335 e. The van der Waals surface area contributed by atoms with E-state index in [0.29, 0.717) is 12.4 Å². The zero-order chi connectivity index (χ0) is 14.5. The number of aliphatic hydroxyl groups excluding tert-OH is 1. The Balaban J connectivity index is 1.96. The molecule has 0 aliphatic carbocycles. The van der Waals surface area contributed by atoms with Crippen molar-refractivity contribution in [1.82, 2.24) is 0 Å². The van der Waals surface area contributed by atoms with Crippen molar-refractivity contribution < 1.29 is 19.7 Å². The molecule has 0 heterocycles. The summed E-state index contributed by atoms with van der Waals surface area (Å²) in [4.78, 5) is 10.7. The molecule has 0 amide bonds. The van der Waals surface area contributed by atoms with Crippen LogP contribution < -0.4 is 4.74 Å². The Bertz CT molecular complexity index is 570. The zero-order valence-electron chi connectivity index (χ0n) is 11.1. The lowest BCUT2D eigenvalue weighted by Gasteiger charge is -2.08. The third-order valence-electron chi connectivity index (χ3n) is 2.97. The van der Waals surface area contributed by atoms with Gasteiger partial charge in [0.25, 0.3) is 0 Å². The normalized spacial score (nSPS) is 11.9. The first-order valence-corrected chi connectivity index (χ1v) is 6.29. The number of carboxylic acid groups (broad SMARTS) is 1. The summed E-state index contributed by atoms with van der Waals surface area (Å²) in [6.45, 7) is 2.08. The van der Waals surface area contributed by atoms with E-state index in [1.54, 1.807) is 43.3 Å². The maximum absolute atomic E-state index is 10.7. The summed E-state index contributed by atoms with van der Waals surface area (Å²) < 4.78 is 5.60. The Kier molecular flexibility index (Phi) is 4.38. The minimum Gasteiger partial charge on any atom is -0.489 e. The molecule has 0 saturated heterocycles. The summed E-state index contributed by atoms with van der Waals surface area (Å²) in [5.74, 6) is -0.233. The number of benzene rings is 2. The smallest absolute Gasteiger partial charge is 0.335 e. The second kappa shape index (κ2) is 6.21. The van der Waals surface area contributed by atoms with Gasteiger partial charge < -0.3 is 14.9 Å². The van der Waals surface area contributed by atoms with Crippen molar-refractivity contribution in [3.05, 3.63) is 65.2 Å². The summed E-state index contributed by atoms with van der Waals surface area (Å²) in [5, 5.41) is 18.2. The number of carbonyl (C=O) groups is 1. The van der Waals surface area contributed by atoms with Crippen LogP contribution in [0, 0.1) is 0 Å². The molecule has 1 atom stereocenters. The predicted octanol–water partition coefficient (Wildman–Crippen LogP) is 3.02. The van der Waals surface area contributed by atoms with E-state index < -0.39 is 12.1 Å². The van der Waals surface area contributed by atoms with Crippen molar-refractivity contribution in [3.8, 4) is 5.75 Å². The highest BCUT2D eigenvalue weighted by Gasteiger charge is 2.03. The number of hydrogen-bond donors (Lipinski definition) is 2. The highest BCUT2D eigenvalue weighted by Crippen LogP contribution is 2.18. The fraction of sp³-hybridized carbons (Fsp3) is 0.188. The van der Waals surface area contributed by atoms with E-state index in [2.05, 4.69) is 0 Å². The SMILES string of the molecule is C[C@H](O)c1ccc(OCc2ccc(C(=O)O)cc2)cc1. The minimum absolute atomic E-state index is 0.259. The first kappa shape index (κ1) is 14.1. The standard InChI is InChI=1S/C16H16O4/c1-11(17)13-6-8-15(9-7-13)20-10-12-2-4-14(5-3-12)16(18)19/h2-9,11,17H,10H2,1H3,(H,18,19)/t11-/m0/s1. The van der Waals surface area contributed by atoms with Gasteiger partial charge in [-0.25, -0.2) is 4.79 Å². The Labute approximate surface area is 117 Å². The molecular weight excluding hydrogens is 256 g/mol. The van der Waals surface area contributed by atoms with E-state index in [-0.39, 0.29) is 5.56 Å². The molecule has 0 aromatic heterocycles. The van der Waals surface area contributed by atoms with Crippen LogP contribution in [-0.4, -0.2) is 16.2 Å². The van der Waals surface area contributed by atoms with Crippen LogP contribution >= 0.6 is 0 Å². The number of aliphatic hydroxyl groups is 1. The zero-order valence-corrected chi connectivity index (χ0v) is 11.1. The number of carboxylic acids is 1. The van der Waals surface area contributed by atoms with Gasteiger partial charge in [0.1, 0.15) is 12.4 Å². The molecule has 0 unspecified atom stereocenters. The molecule has 2 aromatic carbocycles. The van der Waals surface area contributed by atoms with E-state index in [9.17, 15) is 9.90 Å². The van der Waals surface area contributed by atoms with Crippen LogP contribution in [0.15, 0.2) is 48.5 Å². The predicted molar refractivity (Wildman–Crippen MR) is 74.8 cm³/mol. The summed E-state index contributed by atoms with van der Waals surface area (Å²) in [7, 11) is 0. The van der Waals surface area contributed by atoms with Gasteiger partial charge in [-0.2, -0.15) is 0 Å². The summed E-state index contributed by atoms with van der Waals surface area (Å²) in [6.07, 6.45) is -0.493. The number of ether oxygens (including phenoxy) is 1. The van der Waals surface area contributed by atoms with Crippen LogP contribution in [0.2, 0.25) is 0 Å². The molecule has 0 bridgehead atoms. The van der Waals surface area contributed by atoms with Crippen LogP contribution in [0.5, 0.6) is 5.75 Å². The highest BCUT2D eigenvalue weighted by atomic mass is 16.5. The second-order valence-corrected chi connectivity index (χ2v) is 4.54. The molecule has 2 aromatic rings. The lowest BCUT2D eigenvalue weighted by Crippen LogP contribution is -1.99. The Morgan fingerprint density at radius 2 is 1.70 bits per heavy atom. The molecule has 0 aliphatic heterocycles. The second-order valence-electron chi connectivity index (χ2n) is 4.54. The average Bonchev–Trinajstić information content (AvgIpc) is 2.46. The molecule has 0 aliphatic rings. The number of hydrogen-bond acceptors (Lipinski definition) is 3. The van der Waals surface area contributed by atoms with Crippen LogP contribution in [0.3, 0.4) is 0 Å². The third-order valence-corrected chi connectivity index (χ3v) is 2.97. The molecule has 2 rings (SSSR count). The van der Waals surface area contributed by atoms with Crippen molar-refractivity contribution in [2.45, 2.75) is 19.6 Å². The fourth-order valence-corrected chi connectivity index (χ4v) is 1.75. The molecule has 2 N–H and O–H groups in total. The van der Waals surface area contributed by atoms with Gasteiger partial charge in [0.2, 0.25) is 0 Å². The number of aromatic carboxylic acids is 1. The van der Waals surface area contributed by atoms with Crippen molar-refractivity contribution >= 4 is 5.97 Å². The topological polar surface area (TPSA) is 66.8 Å².